The van der Waals surface area contributed by atoms with Crippen LogP contribution in [0.5, 0.6) is 0 Å². The second kappa shape index (κ2) is 10.7. The summed E-state index contributed by atoms with van der Waals surface area (Å²) >= 11 is 0. The molecule has 0 atom stereocenters. The Balaban J connectivity index is 5.39. The van der Waals surface area contributed by atoms with Crippen LogP contribution in [0, 0.1) is 0 Å². The van der Waals surface area contributed by atoms with E-state index in [2.05, 4.69) is 4.57 Å². The predicted octanol–water partition coefficient (Wildman–Crippen LogP) is 1.31. The molecule has 128 valence electrons. The zero-order valence-corrected chi connectivity index (χ0v) is 15.6. The Bertz CT molecular complexity index is 239. The van der Waals surface area contributed by atoms with Crippen molar-refractivity contribution in [2.24, 2.45) is 11.5 Å². The van der Waals surface area contributed by atoms with Gasteiger partial charge in [0.2, 0.25) is 0 Å². The van der Waals surface area contributed by atoms with Gasteiger partial charge in [-0.2, -0.15) is 0 Å². The molecule has 0 amide bonds. The number of hydrogen-bond donors (Lipinski definition) is 2. The molecule has 0 aromatic rings. The van der Waals surface area contributed by atoms with Crippen LogP contribution in [0.3, 0.4) is 0 Å². The summed E-state index contributed by atoms with van der Waals surface area (Å²) in [6, 6.07) is 0. The minimum absolute atomic E-state index is 0.0207. The van der Waals surface area contributed by atoms with Gasteiger partial charge in [-0.05, 0) is 61.1 Å². The lowest BCUT2D eigenvalue weighted by atomic mass is 10.4. The van der Waals surface area contributed by atoms with Gasteiger partial charge in [-0.1, -0.05) is 0 Å². The molecule has 0 heterocycles. The highest BCUT2D eigenvalue weighted by Crippen LogP contribution is 2.22. The molecule has 6 nitrogen and oxygen atoms in total. The van der Waals surface area contributed by atoms with Gasteiger partial charge in [0.15, 0.2) is 0 Å². The first-order valence-corrected chi connectivity index (χ1v) is 9.63. The fourth-order valence-corrected chi connectivity index (χ4v) is 5.26. The van der Waals surface area contributed by atoms with Crippen LogP contribution in [0.2, 0.25) is 0 Å². The SMILES string of the molecule is CC(C)O[Si](OC(C)C)(OC(C)C)N(CCN)CCCN. The average molecular weight is 322 g/mol. The first kappa shape index (κ1) is 21.0. The Hall–Kier alpha value is -0.0231. The lowest BCUT2D eigenvalue weighted by Crippen LogP contribution is -2.65. The van der Waals surface area contributed by atoms with Crippen LogP contribution in [0.15, 0.2) is 0 Å². The van der Waals surface area contributed by atoms with Gasteiger partial charge < -0.3 is 24.7 Å². The molecule has 4 N–H and O–H groups in total. The van der Waals surface area contributed by atoms with Crippen molar-refractivity contribution in [1.82, 2.24) is 4.57 Å². The van der Waals surface area contributed by atoms with Gasteiger partial charge in [0, 0.05) is 31.4 Å². The first-order valence-electron chi connectivity index (χ1n) is 7.96. The smallest absolute Gasteiger partial charge is 0.358 e. The van der Waals surface area contributed by atoms with Crippen molar-refractivity contribution < 1.29 is 13.3 Å². The summed E-state index contributed by atoms with van der Waals surface area (Å²) in [5.41, 5.74) is 11.4. The van der Waals surface area contributed by atoms with Crippen molar-refractivity contribution in [2.45, 2.75) is 66.3 Å². The molecule has 0 bridgehead atoms. The molecule has 0 fully saturated rings. The third kappa shape index (κ3) is 8.25. The maximum Gasteiger partial charge on any atom is 0.600 e. The summed E-state index contributed by atoms with van der Waals surface area (Å²) in [6.07, 6.45) is 0.922. The van der Waals surface area contributed by atoms with Crippen LogP contribution in [0.1, 0.15) is 48.0 Å². The van der Waals surface area contributed by atoms with E-state index in [4.69, 9.17) is 24.7 Å². The molecule has 0 aliphatic carbocycles. The van der Waals surface area contributed by atoms with E-state index >= 15 is 0 Å². The van der Waals surface area contributed by atoms with E-state index in [9.17, 15) is 0 Å². The molecule has 0 saturated heterocycles. The predicted molar refractivity (Wildman–Crippen MR) is 88.7 cm³/mol. The molecule has 21 heavy (non-hydrogen) atoms. The molecule has 0 radical (unpaired) electrons. The summed E-state index contributed by atoms with van der Waals surface area (Å²) < 4.78 is 20.7. The Labute approximate surface area is 131 Å². The third-order valence-electron chi connectivity index (χ3n) is 2.57. The molecule has 0 aliphatic heterocycles. The summed E-state index contributed by atoms with van der Waals surface area (Å²) in [4.78, 5) is 0. The van der Waals surface area contributed by atoms with Gasteiger partial charge >= 0.3 is 8.97 Å². The summed E-state index contributed by atoms with van der Waals surface area (Å²) in [7, 11) is -2.97. The maximum atomic E-state index is 6.20. The molecule has 0 aliphatic rings. The van der Waals surface area contributed by atoms with Crippen LogP contribution in [-0.2, 0) is 13.3 Å². The van der Waals surface area contributed by atoms with Gasteiger partial charge in [-0.3, -0.25) is 4.57 Å². The van der Waals surface area contributed by atoms with Gasteiger partial charge in [-0.15, -0.1) is 0 Å². The van der Waals surface area contributed by atoms with E-state index in [0.717, 1.165) is 13.0 Å². The maximum absolute atomic E-state index is 6.20. The normalized spacial score (nSPS) is 13.1. The summed E-state index contributed by atoms with van der Waals surface area (Å²) in [5, 5.41) is 0. The van der Waals surface area contributed by atoms with E-state index in [1.165, 1.54) is 0 Å². The zero-order chi connectivity index (χ0) is 16.5. The van der Waals surface area contributed by atoms with E-state index in [0.29, 0.717) is 19.6 Å². The van der Waals surface area contributed by atoms with Crippen molar-refractivity contribution >= 4 is 8.97 Å². The lowest BCUT2D eigenvalue weighted by Gasteiger charge is -2.41. The quantitative estimate of drug-likeness (QED) is 0.527. The largest absolute Gasteiger partial charge is 0.600 e. The van der Waals surface area contributed by atoms with Crippen LogP contribution in [0.4, 0.5) is 0 Å². The molecular formula is C14H35N3O3Si. The fourth-order valence-electron chi connectivity index (χ4n) is 2.02. The van der Waals surface area contributed by atoms with Gasteiger partial charge in [-0.25, -0.2) is 0 Å². The van der Waals surface area contributed by atoms with Crippen LogP contribution in [-0.4, -0.2) is 58.0 Å². The molecule has 0 rings (SSSR count). The number of hydrogen-bond acceptors (Lipinski definition) is 6. The number of nitrogens with zero attached hydrogens (tertiary/aromatic N) is 1. The van der Waals surface area contributed by atoms with Crippen molar-refractivity contribution in [2.75, 3.05) is 26.2 Å². The lowest BCUT2D eigenvalue weighted by molar-refractivity contribution is -0.0388. The van der Waals surface area contributed by atoms with Gasteiger partial charge in [0.05, 0.1) is 0 Å². The van der Waals surface area contributed by atoms with E-state index < -0.39 is 8.97 Å². The van der Waals surface area contributed by atoms with Crippen LogP contribution < -0.4 is 11.5 Å². The minimum Gasteiger partial charge on any atom is -0.358 e. The van der Waals surface area contributed by atoms with Crippen molar-refractivity contribution in [1.29, 1.82) is 0 Å². The molecular weight excluding hydrogens is 286 g/mol. The third-order valence-corrected chi connectivity index (χ3v) is 6.10. The molecule has 0 aromatic carbocycles. The molecule has 0 unspecified atom stereocenters. The number of rotatable bonds is 12. The molecule has 0 spiro atoms. The Morgan fingerprint density at radius 2 is 1.19 bits per heavy atom. The van der Waals surface area contributed by atoms with Crippen LogP contribution >= 0.6 is 0 Å². The van der Waals surface area contributed by atoms with E-state index in [1.54, 1.807) is 0 Å². The van der Waals surface area contributed by atoms with E-state index in [1.807, 2.05) is 41.5 Å². The van der Waals surface area contributed by atoms with Crippen molar-refractivity contribution in [3.8, 4) is 0 Å². The molecule has 0 saturated carbocycles. The number of nitrogens with two attached hydrogens (primary N) is 2. The zero-order valence-electron chi connectivity index (χ0n) is 14.6. The standard InChI is InChI=1S/C14H35N3O3Si/c1-12(2)18-21(19-13(3)4,20-14(5)6)17(11-9-16)10-7-8-15/h12-14H,7-11,15-16H2,1-6H3. The van der Waals surface area contributed by atoms with Crippen LogP contribution in [0.25, 0.3) is 0 Å². The van der Waals surface area contributed by atoms with E-state index in [-0.39, 0.29) is 18.3 Å². The average Bonchev–Trinajstić information content (AvgIpc) is 2.31. The highest BCUT2D eigenvalue weighted by molar-refractivity contribution is 6.57. The summed E-state index contributed by atoms with van der Waals surface area (Å²) in [5.74, 6) is 0. The van der Waals surface area contributed by atoms with Gasteiger partial charge in [0.25, 0.3) is 0 Å². The first-order chi connectivity index (χ1) is 9.77. The Morgan fingerprint density at radius 1 is 0.762 bits per heavy atom. The monoisotopic (exact) mass is 321 g/mol. The Kier molecular flexibility index (Phi) is 10.6. The molecule has 7 heteroatoms. The fraction of sp³-hybridized carbons (Fsp3) is 1.00. The molecule has 0 aromatic heterocycles. The topological polar surface area (TPSA) is 83.0 Å². The highest BCUT2D eigenvalue weighted by Gasteiger charge is 2.51. The summed E-state index contributed by atoms with van der Waals surface area (Å²) in [6.45, 7) is 14.6. The Morgan fingerprint density at radius 3 is 1.48 bits per heavy atom. The second-order valence-corrected chi connectivity index (χ2v) is 8.33. The van der Waals surface area contributed by atoms with Gasteiger partial charge in [0.1, 0.15) is 0 Å². The van der Waals surface area contributed by atoms with Crippen molar-refractivity contribution in [3.63, 3.8) is 0 Å². The highest BCUT2D eigenvalue weighted by atomic mass is 28.4. The second-order valence-electron chi connectivity index (χ2n) is 5.94. The van der Waals surface area contributed by atoms with Crippen molar-refractivity contribution in [3.05, 3.63) is 0 Å². The minimum atomic E-state index is -2.97.